The van der Waals surface area contributed by atoms with E-state index in [0.717, 1.165) is 18.7 Å². The van der Waals surface area contributed by atoms with E-state index in [1.807, 2.05) is 25.2 Å². The summed E-state index contributed by atoms with van der Waals surface area (Å²) in [5.74, 6) is 1.39. The van der Waals surface area contributed by atoms with Gasteiger partial charge in [-0.2, -0.15) is 0 Å². The first-order chi connectivity index (χ1) is 9.92. The first kappa shape index (κ1) is 17.7. The van der Waals surface area contributed by atoms with Gasteiger partial charge in [0.25, 0.3) is 0 Å². The van der Waals surface area contributed by atoms with E-state index in [2.05, 4.69) is 44.0 Å². The molecular formula is C18H30N2O. The summed E-state index contributed by atoms with van der Waals surface area (Å²) in [6, 6.07) is 8.00. The van der Waals surface area contributed by atoms with E-state index < -0.39 is 0 Å². The van der Waals surface area contributed by atoms with Crippen molar-refractivity contribution in [3.63, 3.8) is 0 Å². The second-order valence-corrected chi connectivity index (χ2v) is 6.49. The molecule has 3 heteroatoms. The van der Waals surface area contributed by atoms with Crippen LogP contribution in [0.4, 0.5) is 5.69 Å². The summed E-state index contributed by atoms with van der Waals surface area (Å²) in [7, 11) is 2.02. The highest BCUT2D eigenvalue weighted by molar-refractivity contribution is 5.92. The molecule has 0 saturated carbocycles. The molecule has 1 aromatic rings. The molecule has 3 nitrogen and oxygen atoms in total. The third kappa shape index (κ3) is 6.76. The molecule has 0 heterocycles. The molecule has 0 spiro atoms. The highest BCUT2D eigenvalue weighted by Gasteiger charge is 2.12. The fraction of sp³-hybridized carbons (Fsp3) is 0.611. The Balaban J connectivity index is 2.46. The number of likely N-dealkylation sites (N-methyl/N-ethyl adjacent to an activating group) is 1. The van der Waals surface area contributed by atoms with Gasteiger partial charge in [-0.25, -0.2) is 0 Å². The number of para-hydroxylation sites is 1. The second kappa shape index (κ2) is 8.83. The molecule has 0 radical (unpaired) electrons. The number of carbonyl (C=O) groups excluding carboxylic acids is 1. The van der Waals surface area contributed by atoms with Crippen molar-refractivity contribution in [3.8, 4) is 0 Å². The molecule has 1 atom stereocenters. The fourth-order valence-electron chi connectivity index (χ4n) is 2.86. The molecule has 0 fully saturated rings. The smallest absolute Gasteiger partial charge is 0.238 e. The van der Waals surface area contributed by atoms with Crippen LogP contribution in [0, 0.1) is 11.8 Å². The van der Waals surface area contributed by atoms with E-state index in [1.54, 1.807) is 0 Å². The minimum atomic E-state index is 0.0650. The van der Waals surface area contributed by atoms with E-state index in [0.29, 0.717) is 18.4 Å². The lowest BCUT2D eigenvalue weighted by molar-refractivity contribution is -0.117. The zero-order valence-electron chi connectivity index (χ0n) is 14.1. The first-order valence-corrected chi connectivity index (χ1v) is 7.98. The quantitative estimate of drug-likeness (QED) is 0.790. The molecule has 0 aromatic heterocycles. The lowest BCUT2D eigenvalue weighted by Crippen LogP contribution is -2.33. The molecule has 0 bridgehead atoms. The van der Waals surface area contributed by atoms with Crippen LogP contribution in [0.5, 0.6) is 0 Å². The average molecular weight is 290 g/mol. The van der Waals surface area contributed by atoms with Crippen molar-refractivity contribution in [1.82, 2.24) is 4.90 Å². The van der Waals surface area contributed by atoms with Gasteiger partial charge in [-0.15, -0.1) is 0 Å². The van der Waals surface area contributed by atoms with Gasteiger partial charge in [-0.3, -0.25) is 9.69 Å². The van der Waals surface area contributed by atoms with Gasteiger partial charge in [-0.1, -0.05) is 45.9 Å². The monoisotopic (exact) mass is 290 g/mol. The van der Waals surface area contributed by atoms with Gasteiger partial charge in [0, 0.05) is 12.2 Å². The minimum Gasteiger partial charge on any atom is -0.325 e. The van der Waals surface area contributed by atoms with Gasteiger partial charge in [0.2, 0.25) is 5.91 Å². The SMILES string of the molecule is CCc1ccccc1NC(=O)CN(C)C[C@H](C)CC(C)C. The molecule has 1 rings (SSSR count). The van der Waals surface area contributed by atoms with E-state index in [4.69, 9.17) is 0 Å². The van der Waals surface area contributed by atoms with Crippen LogP contribution < -0.4 is 5.32 Å². The lowest BCUT2D eigenvalue weighted by atomic mass is 9.98. The highest BCUT2D eigenvalue weighted by atomic mass is 16.2. The Hall–Kier alpha value is -1.35. The maximum atomic E-state index is 12.1. The third-order valence-electron chi connectivity index (χ3n) is 3.58. The second-order valence-electron chi connectivity index (χ2n) is 6.49. The summed E-state index contributed by atoms with van der Waals surface area (Å²) in [6.45, 7) is 10.2. The maximum Gasteiger partial charge on any atom is 0.238 e. The van der Waals surface area contributed by atoms with Gasteiger partial charge >= 0.3 is 0 Å². The van der Waals surface area contributed by atoms with Crippen LogP contribution in [-0.2, 0) is 11.2 Å². The lowest BCUT2D eigenvalue weighted by Gasteiger charge is -2.22. The Bertz CT molecular complexity index is 443. The van der Waals surface area contributed by atoms with Crippen LogP contribution in [0.25, 0.3) is 0 Å². The average Bonchev–Trinajstić information content (AvgIpc) is 2.37. The molecule has 0 aliphatic heterocycles. The zero-order chi connectivity index (χ0) is 15.8. The number of carbonyl (C=O) groups is 1. The fourth-order valence-corrected chi connectivity index (χ4v) is 2.86. The summed E-state index contributed by atoms with van der Waals surface area (Å²) < 4.78 is 0. The van der Waals surface area contributed by atoms with Crippen molar-refractivity contribution in [3.05, 3.63) is 29.8 Å². The maximum absolute atomic E-state index is 12.1. The molecule has 0 aliphatic rings. The molecule has 0 unspecified atom stereocenters. The number of hydrogen-bond acceptors (Lipinski definition) is 2. The Morgan fingerprint density at radius 2 is 1.90 bits per heavy atom. The number of amides is 1. The van der Waals surface area contributed by atoms with E-state index in [-0.39, 0.29) is 5.91 Å². The van der Waals surface area contributed by atoms with E-state index >= 15 is 0 Å². The van der Waals surface area contributed by atoms with Crippen molar-refractivity contribution in [2.45, 2.75) is 40.5 Å². The van der Waals surface area contributed by atoms with Gasteiger partial charge in [0.1, 0.15) is 0 Å². The number of nitrogens with one attached hydrogen (secondary N) is 1. The molecule has 0 saturated heterocycles. The van der Waals surface area contributed by atoms with Crippen LogP contribution in [-0.4, -0.2) is 30.9 Å². The Morgan fingerprint density at radius 1 is 1.24 bits per heavy atom. The van der Waals surface area contributed by atoms with Crippen LogP contribution in [0.3, 0.4) is 0 Å². The van der Waals surface area contributed by atoms with Gasteiger partial charge < -0.3 is 5.32 Å². The van der Waals surface area contributed by atoms with E-state index in [1.165, 1.54) is 12.0 Å². The van der Waals surface area contributed by atoms with Crippen molar-refractivity contribution in [2.24, 2.45) is 11.8 Å². The van der Waals surface area contributed by atoms with Crippen molar-refractivity contribution in [1.29, 1.82) is 0 Å². The number of hydrogen-bond donors (Lipinski definition) is 1. The number of rotatable bonds is 8. The molecular weight excluding hydrogens is 260 g/mol. The van der Waals surface area contributed by atoms with Gasteiger partial charge in [-0.05, 0) is 43.4 Å². The number of nitrogens with zero attached hydrogens (tertiary/aromatic N) is 1. The molecule has 118 valence electrons. The minimum absolute atomic E-state index is 0.0650. The summed E-state index contributed by atoms with van der Waals surface area (Å²) in [5.41, 5.74) is 2.12. The van der Waals surface area contributed by atoms with Gasteiger partial charge in [0.15, 0.2) is 0 Å². The normalized spacial score (nSPS) is 12.7. The summed E-state index contributed by atoms with van der Waals surface area (Å²) >= 11 is 0. The van der Waals surface area contributed by atoms with Crippen LogP contribution in [0.15, 0.2) is 24.3 Å². The van der Waals surface area contributed by atoms with E-state index in [9.17, 15) is 4.79 Å². The van der Waals surface area contributed by atoms with Crippen LogP contribution in [0.2, 0.25) is 0 Å². The predicted octanol–water partition coefficient (Wildman–Crippen LogP) is 3.80. The molecule has 1 amide bonds. The Morgan fingerprint density at radius 3 is 2.52 bits per heavy atom. The Kier molecular flexibility index (Phi) is 7.44. The Labute approximate surface area is 129 Å². The summed E-state index contributed by atoms with van der Waals surface area (Å²) in [5, 5.41) is 3.03. The number of aryl methyl sites for hydroxylation is 1. The third-order valence-corrected chi connectivity index (χ3v) is 3.58. The predicted molar refractivity (Wildman–Crippen MR) is 90.6 cm³/mol. The largest absolute Gasteiger partial charge is 0.325 e. The molecule has 0 aliphatic carbocycles. The van der Waals surface area contributed by atoms with Crippen LogP contribution >= 0.6 is 0 Å². The summed E-state index contributed by atoms with van der Waals surface area (Å²) in [4.78, 5) is 14.3. The highest BCUT2D eigenvalue weighted by Crippen LogP contribution is 2.15. The van der Waals surface area contributed by atoms with Gasteiger partial charge in [0.05, 0.1) is 6.54 Å². The van der Waals surface area contributed by atoms with Crippen molar-refractivity contribution in [2.75, 3.05) is 25.5 Å². The van der Waals surface area contributed by atoms with Crippen LogP contribution in [0.1, 0.15) is 39.7 Å². The van der Waals surface area contributed by atoms with Crippen molar-refractivity contribution < 1.29 is 4.79 Å². The topological polar surface area (TPSA) is 32.3 Å². The number of benzene rings is 1. The molecule has 1 N–H and O–H groups in total. The summed E-state index contributed by atoms with van der Waals surface area (Å²) in [6.07, 6.45) is 2.13. The standard InChI is InChI=1S/C18H30N2O/c1-6-16-9-7-8-10-17(16)19-18(21)13-20(5)12-15(4)11-14(2)3/h7-10,14-15H,6,11-13H2,1-5H3,(H,19,21)/t15-/m1/s1. The zero-order valence-corrected chi connectivity index (χ0v) is 14.1. The van der Waals surface area contributed by atoms with Crippen molar-refractivity contribution >= 4 is 11.6 Å². The first-order valence-electron chi connectivity index (χ1n) is 7.98. The molecule has 1 aromatic carbocycles. The number of anilines is 1. The molecule has 21 heavy (non-hydrogen) atoms.